The Labute approximate surface area is 135 Å². The van der Waals surface area contributed by atoms with Crippen molar-refractivity contribution in [2.24, 2.45) is 0 Å². The fourth-order valence-corrected chi connectivity index (χ4v) is 3.01. The van der Waals surface area contributed by atoms with Gasteiger partial charge in [0, 0.05) is 5.56 Å². The van der Waals surface area contributed by atoms with Crippen molar-refractivity contribution in [3.05, 3.63) is 41.7 Å². The molecule has 0 spiro atoms. The Morgan fingerprint density at radius 1 is 1.21 bits per heavy atom. The van der Waals surface area contributed by atoms with Crippen LogP contribution in [0.5, 0.6) is 0 Å². The Bertz CT molecular complexity index is 779. The maximum Gasteiger partial charge on any atom is 1.00 e. The van der Waals surface area contributed by atoms with Crippen molar-refractivity contribution in [2.75, 3.05) is 0 Å². The number of fused-ring (bicyclic) bond motifs is 1. The average Bonchev–Trinajstić information content (AvgIpc) is 2.86. The van der Waals surface area contributed by atoms with Crippen molar-refractivity contribution in [2.45, 2.75) is 4.34 Å². The monoisotopic (exact) mass is 302 g/mol. The molecule has 0 saturated heterocycles. The number of sulfonamides is 1. The second-order valence-corrected chi connectivity index (χ2v) is 6.20. The van der Waals surface area contributed by atoms with Gasteiger partial charge in [0.05, 0.1) is 11.9 Å². The first-order valence-electron chi connectivity index (χ1n) is 4.95. The van der Waals surface area contributed by atoms with Crippen LogP contribution in [0.15, 0.2) is 40.9 Å². The summed E-state index contributed by atoms with van der Waals surface area (Å²) in [6.07, 6.45) is 1.65. The van der Waals surface area contributed by atoms with Crippen molar-refractivity contribution in [3.63, 3.8) is 0 Å². The summed E-state index contributed by atoms with van der Waals surface area (Å²) in [4.78, 5) is 4.75. The first-order valence-corrected chi connectivity index (χ1v) is 7.25. The smallest absolute Gasteiger partial charge is 0.558 e. The quantitative estimate of drug-likeness (QED) is 0.580. The van der Waals surface area contributed by atoms with Crippen LogP contribution in [0.4, 0.5) is 0 Å². The maximum absolute atomic E-state index is 11.0. The Balaban J connectivity index is 0.00000133. The Morgan fingerprint density at radius 2 is 1.89 bits per heavy atom. The van der Waals surface area contributed by atoms with Gasteiger partial charge in [-0.3, -0.25) is 0 Å². The molecule has 3 rings (SSSR count). The molecule has 0 fully saturated rings. The number of benzene rings is 1. The molecule has 0 unspecified atom stereocenters. The molecular weight excluding hydrogens is 295 g/mol. The molecule has 1 N–H and O–H groups in total. The van der Waals surface area contributed by atoms with Crippen LogP contribution in [-0.4, -0.2) is 23.0 Å². The van der Waals surface area contributed by atoms with Gasteiger partial charge in [0.25, 0.3) is 0 Å². The van der Waals surface area contributed by atoms with E-state index in [-0.39, 0.29) is 33.9 Å². The topological polar surface area (TPSA) is 88.1 Å². The summed E-state index contributed by atoms with van der Waals surface area (Å²) in [7, 11) is -4.02. The molecule has 0 bridgehead atoms. The van der Waals surface area contributed by atoms with Gasteiger partial charge in [-0.05, 0) is 0 Å². The standard InChI is InChI=1S/C10H7N4O2S2.Na/c11-18(15,16)10-13-14-6-8(12-9(14)17-10)7-4-2-1-3-5-7;/h1-6H,(H-,11,15,16);/q-1;+1. The molecule has 6 nitrogen and oxygen atoms in total. The Hall–Kier alpha value is -0.770. The van der Waals surface area contributed by atoms with Crippen molar-refractivity contribution >= 4 is 26.3 Å². The van der Waals surface area contributed by atoms with Gasteiger partial charge in [0.15, 0.2) is 0 Å². The zero-order valence-electron chi connectivity index (χ0n) is 9.94. The molecule has 1 aromatic carbocycles. The average molecular weight is 302 g/mol. The van der Waals surface area contributed by atoms with Crippen molar-refractivity contribution in [1.82, 2.24) is 14.6 Å². The predicted octanol–water partition coefficient (Wildman–Crippen LogP) is -0.797. The van der Waals surface area contributed by atoms with Gasteiger partial charge in [-0.25, -0.2) is 17.9 Å². The zero-order chi connectivity index (χ0) is 12.8. The van der Waals surface area contributed by atoms with Gasteiger partial charge in [-0.15, -0.1) is 5.10 Å². The van der Waals surface area contributed by atoms with Gasteiger partial charge in [-0.2, -0.15) is 0 Å². The van der Waals surface area contributed by atoms with Crippen LogP contribution < -0.4 is 29.6 Å². The van der Waals surface area contributed by atoms with Crippen LogP contribution in [0, 0.1) is 0 Å². The number of rotatable bonds is 2. The van der Waals surface area contributed by atoms with Crippen molar-refractivity contribution in [3.8, 4) is 11.3 Å². The Morgan fingerprint density at radius 3 is 2.47 bits per heavy atom. The number of imidazole rings is 1. The van der Waals surface area contributed by atoms with Gasteiger partial charge in [0.1, 0.15) is 10.0 Å². The number of nitrogens with one attached hydrogen (secondary N) is 1. The zero-order valence-corrected chi connectivity index (χ0v) is 13.6. The minimum Gasteiger partial charge on any atom is -0.558 e. The summed E-state index contributed by atoms with van der Waals surface area (Å²) in [6.45, 7) is 0. The van der Waals surface area contributed by atoms with E-state index in [9.17, 15) is 8.42 Å². The van der Waals surface area contributed by atoms with E-state index < -0.39 is 10.0 Å². The second kappa shape index (κ2) is 5.31. The molecule has 2 heterocycles. The molecule has 3 aromatic rings. The van der Waals surface area contributed by atoms with Crippen LogP contribution >= 0.6 is 11.3 Å². The largest absolute Gasteiger partial charge is 1.00 e. The summed E-state index contributed by atoms with van der Waals surface area (Å²) < 4.78 is 23.2. The number of aromatic nitrogens is 3. The minimum atomic E-state index is -4.02. The second-order valence-electron chi connectivity index (χ2n) is 3.59. The number of hydrogen-bond acceptors (Lipinski definition) is 5. The molecular formula is C10H7N4NaO2S2. The van der Waals surface area contributed by atoms with E-state index in [2.05, 4.69) is 10.1 Å². The summed E-state index contributed by atoms with van der Waals surface area (Å²) in [5, 5.41) is 10.8. The molecule has 19 heavy (non-hydrogen) atoms. The van der Waals surface area contributed by atoms with Crippen molar-refractivity contribution in [1.29, 1.82) is 0 Å². The van der Waals surface area contributed by atoms with E-state index in [4.69, 9.17) is 5.14 Å². The molecule has 0 atom stereocenters. The minimum absolute atomic E-state index is 0. The van der Waals surface area contributed by atoms with Gasteiger partial charge in [-0.1, -0.05) is 41.7 Å². The molecule has 92 valence electrons. The number of hydrogen-bond donors (Lipinski definition) is 0. The summed E-state index contributed by atoms with van der Waals surface area (Å²) >= 11 is 0.885. The van der Waals surface area contributed by atoms with Gasteiger partial charge in [0.2, 0.25) is 9.30 Å². The molecule has 0 aliphatic heterocycles. The van der Waals surface area contributed by atoms with E-state index in [0.717, 1.165) is 22.6 Å². The van der Waals surface area contributed by atoms with Crippen LogP contribution in [0.3, 0.4) is 0 Å². The van der Waals surface area contributed by atoms with Crippen LogP contribution in [-0.2, 0) is 10.0 Å². The van der Waals surface area contributed by atoms with Crippen LogP contribution in [0.1, 0.15) is 0 Å². The summed E-state index contributed by atoms with van der Waals surface area (Å²) in [5.74, 6) is 0. The molecule has 9 heteroatoms. The van der Waals surface area contributed by atoms with Crippen LogP contribution in [0.25, 0.3) is 21.4 Å². The fourth-order valence-electron chi connectivity index (χ4n) is 1.54. The Kier molecular flexibility index (Phi) is 4.09. The van der Waals surface area contributed by atoms with E-state index in [1.165, 1.54) is 4.52 Å². The third-order valence-electron chi connectivity index (χ3n) is 2.32. The maximum atomic E-state index is 11.0. The summed E-state index contributed by atoms with van der Waals surface area (Å²) in [5.41, 5.74) is 1.66. The number of nitrogens with zero attached hydrogens (tertiary/aromatic N) is 3. The van der Waals surface area contributed by atoms with Gasteiger partial charge >= 0.3 is 29.6 Å². The van der Waals surface area contributed by atoms with E-state index >= 15 is 0 Å². The normalized spacial score (nSPS) is 11.4. The van der Waals surface area contributed by atoms with Gasteiger partial charge < -0.3 is 5.14 Å². The molecule has 0 radical (unpaired) electrons. The third-order valence-corrected chi connectivity index (χ3v) is 4.49. The SMILES string of the molecule is [NH-]S(=O)(=O)c1nn2cc(-c3ccccc3)nc2s1.[Na+]. The molecule has 2 aromatic heterocycles. The summed E-state index contributed by atoms with van der Waals surface area (Å²) in [6, 6.07) is 9.53. The first kappa shape index (κ1) is 14.6. The van der Waals surface area contributed by atoms with E-state index in [1.807, 2.05) is 30.3 Å². The first-order chi connectivity index (χ1) is 8.54. The van der Waals surface area contributed by atoms with E-state index in [0.29, 0.717) is 4.96 Å². The van der Waals surface area contributed by atoms with Crippen molar-refractivity contribution < 1.29 is 38.0 Å². The van der Waals surface area contributed by atoms with Crippen LogP contribution in [0.2, 0.25) is 0 Å². The molecule has 0 aliphatic rings. The fraction of sp³-hybridized carbons (Fsp3) is 0. The third kappa shape index (κ3) is 2.88. The molecule has 0 amide bonds. The predicted molar refractivity (Wildman–Crippen MR) is 67.8 cm³/mol. The molecule has 0 saturated carbocycles. The molecule has 0 aliphatic carbocycles. The van der Waals surface area contributed by atoms with E-state index in [1.54, 1.807) is 6.20 Å².